The van der Waals surface area contributed by atoms with E-state index in [4.69, 9.17) is 0 Å². The van der Waals surface area contributed by atoms with E-state index >= 15 is 0 Å². The first-order valence-electron chi connectivity index (χ1n) is 5.91. The molecule has 0 spiro atoms. The number of fused-ring (bicyclic) bond motifs is 3. The van der Waals surface area contributed by atoms with E-state index < -0.39 is 0 Å². The van der Waals surface area contributed by atoms with Crippen LogP contribution in [0.4, 0.5) is 0 Å². The van der Waals surface area contributed by atoms with E-state index in [-0.39, 0.29) is 0 Å². The highest BCUT2D eigenvalue weighted by molar-refractivity contribution is 7.98. The van der Waals surface area contributed by atoms with Crippen LogP contribution >= 0.6 is 11.8 Å². The van der Waals surface area contributed by atoms with E-state index in [2.05, 4.69) is 53.6 Å². The zero-order valence-electron chi connectivity index (χ0n) is 11.0. The van der Waals surface area contributed by atoms with Crippen LogP contribution in [0.2, 0.25) is 0 Å². The molecule has 0 unspecified atom stereocenters. The van der Waals surface area contributed by atoms with Crippen LogP contribution in [-0.4, -0.2) is 20.9 Å². The molecule has 0 atom stereocenters. The fraction of sp³-hybridized carbons (Fsp3) is 0.286. The lowest BCUT2D eigenvalue weighted by atomic mass is 10.0. The number of hydrogen-bond acceptors (Lipinski definition) is 3. The summed E-state index contributed by atoms with van der Waals surface area (Å²) in [6, 6.07) is 6.56. The number of aryl methyl sites for hydroxylation is 3. The number of thioether (sulfide) groups is 1. The minimum atomic E-state index is 0.927. The molecule has 92 valence electrons. The first kappa shape index (κ1) is 11.5. The van der Waals surface area contributed by atoms with E-state index in [1.54, 1.807) is 11.8 Å². The third-order valence-corrected chi connectivity index (χ3v) is 3.91. The Balaban J connectivity index is 2.62. The Labute approximate surface area is 110 Å². The van der Waals surface area contributed by atoms with Gasteiger partial charge in [0.1, 0.15) is 0 Å². The first-order chi connectivity index (χ1) is 8.61. The van der Waals surface area contributed by atoms with Gasteiger partial charge in [0, 0.05) is 5.39 Å². The molecule has 0 aliphatic heterocycles. The fourth-order valence-corrected chi connectivity index (χ4v) is 3.04. The monoisotopic (exact) mass is 257 g/mol. The molecular weight excluding hydrogens is 242 g/mol. The lowest BCUT2D eigenvalue weighted by Crippen LogP contribution is -1.96. The number of hydrogen-bond donors (Lipinski definition) is 0. The maximum atomic E-state index is 4.26. The van der Waals surface area contributed by atoms with E-state index in [0.29, 0.717) is 0 Å². The summed E-state index contributed by atoms with van der Waals surface area (Å²) in [4.78, 5) is 0. The van der Waals surface area contributed by atoms with Gasteiger partial charge in [0.25, 0.3) is 0 Å². The molecule has 0 saturated carbocycles. The molecule has 0 radical (unpaired) electrons. The van der Waals surface area contributed by atoms with Gasteiger partial charge in [0.15, 0.2) is 10.8 Å². The third kappa shape index (κ3) is 1.52. The van der Waals surface area contributed by atoms with Crippen LogP contribution in [0.3, 0.4) is 0 Å². The zero-order valence-corrected chi connectivity index (χ0v) is 11.8. The van der Waals surface area contributed by atoms with E-state index in [1.807, 2.05) is 6.26 Å². The van der Waals surface area contributed by atoms with E-state index in [1.165, 1.54) is 27.6 Å². The second kappa shape index (κ2) is 3.99. The molecule has 4 heteroatoms. The highest BCUT2D eigenvalue weighted by Crippen LogP contribution is 2.28. The maximum absolute atomic E-state index is 4.26. The molecule has 0 bridgehead atoms. The van der Waals surface area contributed by atoms with Crippen LogP contribution in [0.15, 0.2) is 23.4 Å². The average Bonchev–Trinajstić information content (AvgIpc) is 2.71. The number of benzene rings is 1. The molecule has 3 rings (SSSR count). The number of aromatic nitrogens is 3. The maximum Gasteiger partial charge on any atom is 0.195 e. The van der Waals surface area contributed by atoms with E-state index in [9.17, 15) is 0 Å². The number of pyridine rings is 1. The van der Waals surface area contributed by atoms with Crippen molar-refractivity contribution in [2.45, 2.75) is 25.9 Å². The molecule has 0 aliphatic rings. The second-order valence-electron chi connectivity index (χ2n) is 4.69. The van der Waals surface area contributed by atoms with Crippen LogP contribution in [0, 0.1) is 20.8 Å². The molecule has 2 aromatic heterocycles. The van der Waals surface area contributed by atoms with Gasteiger partial charge < -0.3 is 0 Å². The summed E-state index contributed by atoms with van der Waals surface area (Å²) in [5.74, 6) is 0. The number of rotatable bonds is 1. The van der Waals surface area contributed by atoms with Gasteiger partial charge in [-0.25, -0.2) is 0 Å². The molecule has 3 aromatic rings. The summed E-state index contributed by atoms with van der Waals surface area (Å²) in [5, 5.41) is 10.7. The SMILES string of the molecule is CSc1nnc2cc(C)c3cc(C)cc(C)c3n12. The first-order valence-corrected chi connectivity index (χ1v) is 7.14. The summed E-state index contributed by atoms with van der Waals surface area (Å²) >= 11 is 1.63. The normalized spacial score (nSPS) is 11.6. The van der Waals surface area contributed by atoms with Gasteiger partial charge in [-0.2, -0.15) is 0 Å². The summed E-state index contributed by atoms with van der Waals surface area (Å²) < 4.78 is 2.15. The van der Waals surface area contributed by atoms with Gasteiger partial charge in [0.05, 0.1) is 5.52 Å². The Bertz CT molecular complexity index is 759. The highest BCUT2D eigenvalue weighted by atomic mass is 32.2. The van der Waals surface area contributed by atoms with Crippen molar-refractivity contribution in [1.29, 1.82) is 0 Å². The molecule has 2 heterocycles. The fourth-order valence-electron chi connectivity index (χ4n) is 2.55. The largest absolute Gasteiger partial charge is 0.270 e. The van der Waals surface area contributed by atoms with Crippen LogP contribution in [0.1, 0.15) is 16.7 Å². The van der Waals surface area contributed by atoms with Crippen LogP contribution in [-0.2, 0) is 0 Å². The Morgan fingerprint density at radius 1 is 1.00 bits per heavy atom. The molecule has 0 N–H and O–H groups in total. The van der Waals surface area contributed by atoms with Gasteiger partial charge in [0.2, 0.25) is 0 Å². The van der Waals surface area contributed by atoms with Crippen molar-refractivity contribution in [3.05, 3.63) is 34.9 Å². The molecule has 18 heavy (non-hydrogen) atoms. The average molecular weight is 257 g/mol. The smallest absolute Gasteiger partial charge is 0.195 e. The minimum Gasteiger partial charge on any atom is -0.270 e. The standard InChI is InChI=1S/C14H15N3S/c1-8-5-10(3)13-11(6-8)9(2)7-12-15-16-14(18-4)17(12)13/h5-7H,1-4H3. The van der Waals surface area contributed by atoms with Crippen LogP contribution in [0.5, 0.6) is 0 Å². The van der Waals surface area contributed by atoms with Crippen molar-refractivity contribution in [2.75, 3.05) is 6.26 Å². The molecule has 1 aromatic carbocycles. The number of nitrogens with zero attached hydrogens (tertiary/aromatic N) is 3. The van der Waals surface area contributed by atoms with Crippen molar-refractivity contribution >= 4 is 28.3 Å². The van der Waals surface area contributed by atoms with Gasteiger partial charge in [-0.1, -0.05) is 23.4 Å². The third-order valence-electron chi connectivity index (χ3n) is 3.28. The lowest BCUT2D eigenvalue weighted by Gasteiger charge is -2.10. The molecular formula is C14H15N3S. The van der Waals surface area contributed by atoms with Crippen molar-refractivity contribution in [2.24, 2.45) is 0 Å². The lowest BCUT2D eigenvalue weighted by molar-refractivity contribution is 0.941. The molecule has 3 nitrogen and oxygen atoms in total. The summed E-state index contributed by atoms with van der Waals surface area (Å²) in [6.45, 7) is 6.42. The second-order valence-corrected chi connectivity index (χ2v) is 5.46. The van der Waals surface area contributed by atoms with Gasteiger partial charge in [-0.3, -0.25) is 4.40 Å². The zero-order chi connectivity index (χ0) is 12.9. The van der Waals surface area contributed by atoms with E-state index in [0.717, 1.165) is 10.8 Å². The predicted octanol–water partition coefficient (Wildman–Crippen LogP) is 3.53. The Kier molecular flexibility index (Phi) is 2.55. The molecule has 0 amide bonds. The Morgan fingerprint density at radius 2 is 1.78 bits per heavy atom. The Hall–Kier alpha value is -1.55. The summed E-state index contributed by atoms with van der Waals surface area (Å²) in [6.07, 6.45) is 2.03. The Morgan fingerprint density at radius 3 is 2.50 bits per heavy atom. The van der Waals surface area contributed by atoms with Crippen molar-refractivity contribution in [3.8, 4) is 0 Å². The molecule has 0 saturated heterocycles. The van der Waals surface area contributed by atoms with Crippen molar-refractivity contribution in [1.82, 2.24) is 14.6 Å². The summed E-state index contributed by atoms with van der Waals surface area (Å²) in [7, 11) is 0. The van der Waals surface area contributed by atoms with Gasteiger partial charge in [-0.05, 0) is 50.3 Å². The predicted molar refractivity (Wildman–Crippen MR) is 76.5 cm³/mol. The van der Waals surface area contributed by atoms with Gasteiger partial charge in [-0.15, -0.1) is 10.2 Å². The highest BCUT2D eigenvalue weighted by Gasteiger charge is 2.12. The summed E-state index contributed by atoms with van der Waals surface area (Å²) in [5.41, 5.74) is 5.97. The topological polar surface area (TPSA) is 30.2 Å². The molecule has 0 fully saturated rings. The van der Waals surface area contributed by atoms with Crippen LogP contribution in [0.25, 0.3) is 16.6 Å². The van der Waals surface area contributed by atoms with Gasteiger partial charge >= 0.3 is 0 Å². The van der Waals surface area contributed by atoms with Crippen molar-refractivity contribution in [3.63, 3.8) is 0 Å². The molecule has 0 aliphatic carbocycles. The van der Waals surface area contributed by atoms with Crippen molar-refractivity contribution < 1.29 is 0 Å². The minimum absolute atomic E-state index is 0.927. The van der Waals surface area contributed by atoms with Crippen LogP contribution < -0.4 is 0 Å². The quantitative estimate of drug-likeness (QED) is 0.625.